The van der Waals surface area contributed by atoms with Gasteiger partial charge in [0.25, 0.3) is 5.56 Å². The number of aromatic nitrogens is 5. The van der Waals surface area contributed by atoms with Gasteiger partial charge in [-0.2, -0.15) is 0 Å². The van der Waals surface area contributed by atoms with Crippen molar-refractivity contribution >= 4 is 10.9 Å². The number of aromatic amines is 1. The summed E-state index contributed by atoms with van der Waals surface area (Å²) in [6, 6.07) is 11.2. The average molecular weight is 493 g/mol. The van der Waals surface area contributed by atoms with Crippen molar-refractivity contribution in [2.75, 3.05) is 20.3 Å². The van der Waals surface area contributed by atoms with Crippen LogP contribution in [0.25, 0.3) is 10.9 Å². The van der Waals surface area contributed by atoms with Crippen LogP contribution in [0, 0.1) is 5.92 Å². The number of rotatable bonds is 10. The molecule has 0 amide bonds. The summed E-state index contributed by atoms with van der Waals surface area (Å²) in [5, 5.41) is 13.6. The van der Waals surface area contributed by atoms with Gasteiger partial charge in [-0.3, -0.25) is 9.69 Å². The highest BCUT2D eigenvalue weighted by molar-refractivity contribution is 5.80. The summed E-state index contributed by atoms with van der Waals surface area (Å²) in [4.78, 5) is 18.4. The van der Waals surface area contributed by atoms with Crippen LogP contribution in [0.2, 0.25) is 0 Å². The number of benzene rings is 1. The Morgan fingerprint density at radius 1 is 1.28 bits per heavy atom. The van der Waals surface area contributed by atoms with Crippen LogP contribution in [0.5, 0.6) is 5.75 Å². The minimum Gasteiger partial charge on any atom is -0.497 e. The monoisotopic (exact) mass is 492 g/mol. The van der Waals surface area contributed by atoms with Crippen LogP contribution >= 0.6 is 0 Å². The molecule has 1 N–H and O–H groups in total. The van der Waals surface area contributed by atoms with Crippen LogP contribution in [0.3, 0.4) is 0 Å². The highest BCUT2D eigenvalue weighted by Gasteiger charge is 2.32. The van der Waals surface area contributed by atoms with E-state index in [1.54, 1.807) is 18.1 Å². The molecule has 1 aliphatic rings. The first-order valence-corrected chi connectivity index (χ1v) is 12.4. The number of hydrogen-bond donors (Lipinski definition) is 1. The standard InChI is InChI=1S/C26H32N6O4/c1-17(2)24(25-28-29-30-32(25)16-22-7-5-11-36-22)31(15-21-6-4-10-35-21)14-19-12-18-13-20(34-3)8-9-23(18)27-26(19)33/h5,7-9,11-13,17,21,24H,4,6,10,14-16H2,1-3H3,(H,27,33)/t21-,24+/m1/s1. The number of nitrogens with zero attached hydrogens (tertiary/aromatic N) is 5. The zero-order chi connectivity index (χ0) is 25.1. The Bertz CT molecular complexity index is 1340. The van der Waals surface area contributed by atoms with E-state index >= 15 is 0 Å². The Morgan fingerprint density at radius 2 is 2.17 bits per heavy atom. The Labute approximate surface area is 209 Å². The molecule has 1 saturated heterocycles. The molecule has 1 fully saturated rings. The van der Waals surface area contributed by atoms with E-state index in [1.165, 1.54) is 0 Å². The fourth-order valence-electron chi connectivity index (χ4n) is 4.99. The molecule has 3 aromatic heterocycles. The van der Waals surface area contributed by atoms with Gasteiger partial charge < -0.3 is 18.9 Å². The Kier molecular flexibility index (Phi) is 7.15. The second-order valence-corrected chi connectivity index (χ2v) is 9.60. The summed E-state index contributed by atoms with van der Waals surface area (Å²) < 4.78 is 18.7. The van der Waals surface area contributed by atoms with Crippen molar-refractivity contribution in [1.29, 1.82) is 0 Å². The zero-order valence-corrected chi connectivity index (χ0v) is 20.9. The predicted molar refractivity (Wildman–Crippen MR) is 134 cm³/mol. The number of hydrogen-bond acceptors (Lipinski definition) is 8. The smallest absolute Gasteiger partial charge is 0.252 e. The predicted octanol–water partition coefficient (Wildman–Crippen LogP) is 3.54. The fourth-order valence-corrected chi connectivity index (χ4v) is 4.99. The van der Waals surface area contributed by atoms with Crippen LogP contribution in [0.1, 0.15) is 49.9 Å². The summed E-state index contributed by atoms with van der Waals surface area (Å²) >= 11 is 0. The van der Waals surface area contributed by atoms with Crippen molar-refractivity contribution in [3.05, 3.63) is 70.2 Å². The van der Waals surface area contributed by atoms with Gasteiger partial charge in [0.2, 0.25) is 0 Å². The third-order valence-electron chi connectivity index (χ3n) is 6.70. The third kappa shape index (κ3) is 5.19. The summed E-state index contributed by atoms with van der Waals surface area (Å²) in [6.45, 7) is 6.59. The van der Waals surface area contributed by atoms with Gasteiger partial charge in [-0.05, 0) is 65.6 Å². The van der Waals surface area contributed by atoms with Crippen molar-refractivity contribution in [2.45, 2.75) is 51.9 Å². The lowest BCUT2D eigenvalue weighted by Gasteiger charge is -2.35. The van der Waals surface area contributed by atoms with Crippen LogP contribution in [0.15, 0.2) is 51.9 Å². The summed E-state index contributed by atoms with van der Waals surface area (Å²) in [5.74, 6) is 2.43. The third-order valence-corrected chi connectivity index (χ3v) is 6.70. The molecule has 1 aliphatic heterocycles. The van der Waals surface area contributed by atoms with Crippen LogP contribution < -0.4 is 10.3 Å². The molecule has 0 spiro atoms. The lowest BCUT2D eigenvalue weighted by Crippen LogP contribution is -2.40. The van der Waals surface area contributed by atoms with Gasteiger partial charge in [0.15, 0.2) is 5.82 Å². The number of pyridine rings is 1. The number of furan rings is 1. The highest BCUT2D eigenvalue weighted by Crippen LogP contribution is 2.31. The molecule has 5 rings (SSSR count). The van der Waals surface area contributed by atoms with Gasteiger partial charge >= 0.3 is 0 Å². The fraction of sp³-hybridized carbons (Fsp3) is 0.462. The zero-order valence-electron chi connectivity index (χ0n) is 20.9. The lowest BCUT2D eigenvalue weighted by molar-refractivity contribution is 0.0384. The van der Waals surface area contributed by atoms with E-state index in [0.717, 1.165) is 47.7 Å². The van der Waals surface area contributed by atoms with Crippen molar-refractivity contribution in [1.82, 2.24) is 30.1 Å². The highest BCUT2D eigenvalue weighted by atomic mass is 16.5. The van der Waals surface area contributed by atoms with Crippen LogP contribution in [-0.2, 0) is 17.8 Å². The molecule has 36 heavy (non-hydrogen) atoms. The first-order chi connectivity index (χ1) is 17.5. The number of H-pyrrole nitrogens is 1. The molecule has 4 heterocycles. The van der Waals surface area contributed by atoms with E-state index in [2.05, 4.69) is 39.3 Å². The molecule has 0 radical (unpaired) electrons. The summed E-state index contributed by atoms with van der Waals surface area (Å²) in [6.07, 6.45) is 3.77. The minimum atomic E-state index is -0.139. The van der Waals surface area contributed by atoms with Gasteiger partial charge in [-0.1, -0.05) is 13.8 Å². The molecule has 190 valence electrons. The molecule has 0 saturated carbocycles. The van der Waals surface area contributed by atoms with Crippen molar-refractivity contribution < 1.29 is 13.9 Å². The number of tetrazole rings is 1. The molecule has 4 aromatic rings. The van der Waals surface area contributed by atoms with E-state index in [0.29, 0.717) is 25.2 Å². The molecule has 2 atom stereocenters. The first kappa shape index (κ1) is 24.2. The summed E-state index contributed by atoms with van der Waals surface area (Å²) in [5.41, 5.74) is 1.34. The molecule has 10 nitrogen and oxygen atoms in total. The second kappa shape index (κ2) is 10.6. The maximum absolute atomic E-state index is 13.1. The van der Waals surface area contributed by atoms with Crippen LogP contribution in [-0.4, -0.2) is 56.5 Å². The van der Waals surface area contributed by atoms with Gasteiger partial charge in [-0.25, -0.2) is 4.68 Å². The number of nitrogens with one attached hydrogen (secondary N) is 1. The van der Waals surface area contributed by atoms with E-state index in [4.69, 9.17) is 13.9 Å². The normalized spacial score (nSPS) is 16.9. The van der Waals surface area contributed by atoms with Crippen molar-refractivity contribution in [3.63, 3.8) is 0 Å². The summed E-state index contributed by atoms with van der Waals surface area (Å²) in [7, 11) is 1.64. The molecule has 1 aromatic carbocycles. The number of ether oxygens (including phenoxy) is 2. The maximum atomic E-state index is 13.1. The SMILES string of the molecule is COc1ccc2[nH]c(=O)c(CN(C[C@H]3CCCO3)[C@H](c3nnnn3Cc3ccco3)C(C)C)cc2c1. The molecule has 10 heteroatoms. The van der Waals surface area contributed by atoms with Crippen molar-refractivity contribution in [3.8, 4) is 5.75 Å². The van der Waals surface area contributed by atoms with Gasteiger partial charge in [-0.15, -0.1) is 5.10 Å². The molecular formula is C26H32N6O4. The lowest BCUT2D eigenvalue weighted by atomic mass is 9.99. The van der Waals surface area contributed by atoms with Gasteiger partial charge in [0, 0.05) is 36.2 Å². The topological polar surface area (TPSA) is 111 Å². The largest absolute Gasteiger partial charge is 0.497 e. The second-order valence-electron chi connectivity index (χ2n) is 9.60. The number of fused-ring (bicyclic) bond motifs is 1. The minimum absolute atomic E-state index is 0.0975. The Balaban J connectivity index is 1.51. The van der Waals surface area contributed by atoms with Gasteiger partial charge in [0.1, 0.15) is 18.1 Å². The molecule has 0 unspecified atom stereocenters. The molecular weight excluding hydrogens is 460 g/mol. The maximum Gasteiger partial charge on any atom is 0.252 e. The first-order valence-electron chi connectivity index (χ1n) is 12.4. The Hall–Kier alpha value is -3.50. The van der Waals surface area contributed by atoms with Crippen molar-refractivity contribution in [2.24, 2.45) is 5.92 Å². The quantitative estimate of drug-likeness (QED) is 0.358. The average Bonchev–Trinajstić information content (AvgIpc) is 3.64. The van der Waals surface area contributed by atoms with E-state index < -0.39 is 0 Å². The molecule has 0 aliphatic carbocycles. The van der Waals surface area contributed by atoms with E-state index in [-0.39, 0.29) is 23.6 Å². The van der Waals surface area contributed by atoms with Gasteiger partial charge in [0.05, 0.1) is 25.5 Å². The molecule has 0 bridgehead atoms. The Morgan fingerprint density at radius 3 is 2.89 bits per heavy atom. The number of methoxy groups -OCH3 is 1. The van der Waals surface area contributed by atoms with Crippen LogP contribution in [0.4, 0.5) is 0 Å². The van der Waals surface area contributed by atoms with E-state index in [1.807, 2.05) is 36.4 Å². The van der Waals surface area contributed by atoms with E-state index in [9.17, 15) is 4.79 Å².